The van der Waals surface area contributed by atoms with Gasteiger partial charge in [-0.05, 0) is 54.4 Å². The molecule has 0 radical (unpaired) electrons. The quantitative estimate of drug-likeness (QED) is 0.621. The van der Waals surface area contributed by atoms with Crippen LogP contribution in [0.4, 0.5) is 9.59 Å². The maximum atomic E-state index is 11.8. The highest BCUT2D eigenvalue weighted by molar-refractivity contribution is 5.68. The highest BCUT2D eigenvalue weighted by Crippen LogP contribution is 2.25. The van der Waals surface area contributed by atoms with Crippen molar-refractivity contribution in [2.45, 2.75) is 77.7 Å². The van der Waals surface area contributed by atoms with Crippen LogP contribution < -0.4 is 10.6 Å². The van der Waals surface area contributed by atoms with E-state index < -0.39 is 0 Å². The molecule has 2 amide bonds. The Bertz CT molecular complexity index is 574. The molecule has 8 nitrogen and oxygen atoms in total. The average molecular weight is 425 g/mol. The molecule has 4 aliphatic heterocycles. The van der Waals surface area contributed by atoms with Crippen molar-refractivity contribution in [2.75, 3.05) is 39.3 Å². The summed E-state index contributed by atoms with van der Waals surface area (Å²) in [5.41, 5.74) is -0.766. The molecule has 4 rings (SSSR count). The van der Waals surface area contributed by atoms with E-state index in [0.29, 0.717) is 23.9 Å². The van der Waals surface area contributed by atoms with E-state index in [0.717, 1.165) is 52.1 Å². The molecule has 0 aliphatic carbocycles. The zero-order chi connectivity index (χ0) is 22.1. The van der Waals surface area contributed by atoms with Crippen LogP contribution >= 0.6 is 0 Å². The molecule has 4 aliphatic rings. The van der Waals surface area contributed by atoms with Crippen molar-refractivity contribution in [2.24, 2.45) is 11.8 Å². The van der Waals surface area contributed by atoms with Gasteiger partial charge in [0.05, 0.1) is 0 Å². The Hall–Kier alpha value is -1.54. The standard InChI is InChI=1S/2C11H20N2O2/c2*1-11(2,3)15-10(14)13-5-4-9-8(7-13)6-12-9/h2*8-9,12H,4-7H2,1-3H3/t2*8-,9+/m10/s1. The van der Waals surface area contributed by atoms with Gasteiger partial charge in [-0.2, -0.15) is 0 Å². The lowest BCUT2D eigenvalue weighted by Gasteiger charge is -2.46. The van der Waals surface area contributed by atoms with Crippen molar-refractivity contribution in [3.05, 3.63) is 0 Å². The van der Waals surface area contributed by atoms with Gasteiger partial charge >= 0.3 is 12.2 Å². The Morgan fingerprint density at radius 3 is 1.33 bits per heavy atom. The normalized spacial score (nSPS) is 30.5. The van der Waals surface area contributed by atoms with Crippen molar-refractivity contribution in [3.8, 4) is 0 Å². The fraction of sp³-hybridized carbons (Fsp3) is 0.909. The fourth-order valence-electron chi connectivity index (χ4n) is 4.28. The van der Waals surface area contributed by atoms with Crippen LogP contribution in [0.5, 0.6) is 0 Å². The molecular weight excluding hydrogens is 384 g/mol. The molecule has 0 bridgehead atoms. The van der Waals surface area contributed by atoms with E-state index in [-0.39, 0.29) is 23.4 Å². The molecule has 4 atom stereocenters. The van der Waals surface area contributed by atoms with Gasteiger partial charge in [0.25, 0.3) is 0 Å². The minimum absolute atomic E-state index is 0.159. The molecule has 0 aromatic rings. The number of rotatable bonds is 0. The SMILES string of the molecule is CC(C)(C)OC(=O)N1CC[C@@H]2NC[C@@H]2C1.CC(C)(C)OC(=O)N1CC[C@H]2NC[C@H]2C1. The number of carbonyl (C=O) groups excluding carboxylic acids is 2. The van der Waals surface area contributed by atoms with Crippen LogP contribution in [0.1, 0.15) is 54.4 Å². The van der Waals surface area contributed by atoms with E-state index >= 15 is 0 Å². The summed E-state index contributed by atoms with van der Waals surface area (Å²) in [6.07, 6.45) is 1.80. The zero-order valence-corrected chi connectivity index (χ0v) is 19.5. The lowest BCUT2D eigenvalue weighted by molar-refractivity contribution is 0.00402. The summed E-state index contributed by atoms with van der Waals surface area (Å²) in [6.45, 7) is 16.9. The van der Waals surface area contributed by atoms with Crippen LogP contribution in [0, 0.1) is 11.8 Å². The molecule has 4 fully saturated rings. The maximum absolute atomic E-state index is 11.8. The van der Waals surface area contributed by atoms with E-state index in [1.807, 2.05) is 51.3 Å². The molecule has 2 N–H and O–H groups in total. The van der Waals surface area contributed by atoms with Crippen molar-refractivity contribution >= 4 is 12.2 Å². The minimum atomic E-state index is -0.383. The first kappa shape index (κ1) is 23.1. The second kappa shape index (κ2) is 8.91. The summed E-state index contributed by atoms with van der Waals surface area (Å²) in [5, 5.41) is 6.75. The molecule has 0 spiro atoms. The van der Waals surface area contributed by atoms with Gasteiger partial charge in [0.2, 0.25) is 0 Å². The second-order valence-electron chi connectivity index (χ2n) is 11.0. The van der Waals surface area contributed by atoms with Crippen LogP contribution in [0.3, 0.4) is 0 Å². The first-order valence-corrected chi connectivity index (χ1v) is 11.3. The van der Waals surface area contributed by atoms with Crippen molar-refractivity contribution in [1.29, 1.82) is 0 Å². The highest BCUT2D eigenvalue weighted by Gasteiger charge is 2.39. The molecule has 4 heterocycles. The number of amides is 2. The molecule has 0 saturated carbocycles. The van der Waals surface area contributed by atoms with Crippen molar-refractivity contribution < 1.29 is 19.1 Å². The summed E-state index contributed by atoms with van der Waals surface area (Å²) in [4.78, 5) is 27.2. The van der Waals surface area contributed by atoms with Crippen LogP contribution in [-0.4, -0.2) is 84.5 Å². The zero-order valence-electron chi connectivity index (χ0n) is 19.5. The number of nitrogens with zero attached hydrogens (tertiary/aromatic N) is 2. The van der Waals surface area contributed by atoms with Gasteiger partial charge in [0.15, 0.2) is 0 Å². The van der Waals surface area contributed by atoms with Crippen LogP contribution in [-0.2, 0) is 9.47 Å². The maximum Gasteiger partial charge on any atom is 0.410 e. The number of hydrogen-bond acceptors (Lipinski definition) is 6. The Labute approximate surface area is 181 Å². The summed E-state index contributed by atoms with van der Waals surface area (Å²) in [6, 6.07) is 1.28. The van der Waals surface area contributed by atoms with E-state index in [2.05, 4.69) is 10.6 Å². The summed E-state index contributed by atoms with van der Waals surface area (Å²) < 4.78 is 10.7. The molecule has 4 saturated heterocycles. The number of piperidine rings is 2. The largest absolute Gasteiger partial charge is 0.444 e. The molecule has 0 aromatic heterocycles. The molecule has 8 heteroatoms. The van der Waals surface area contributed by atoms with Crippen molar-refractivity contribution in [3.63, 3.8) is 0 Å². The lowest BCUT2D eigenvalue weighted by Crippen LogP contribution is -2.62. The van der Waals surface area contributed by atoms with E-state index in [1.165, 1.54) is 0 Å². The molecule has 0 aromatic carbocycles. The average Bonchev–Trinajstić information content (AvgIpc) is 2.54. The third-order valence-corrected chi connectivity index (χ3v) is 6.06. The van der Waals surface area contributed by atoms with Crippen LogP contribution in [0.25, 0.3) is 0 Å². The van der Waals surface area contributed by atoms with Gasteiger partial charge < -0.3 is 29.9 Å². The summed E-state index contributed by atoms with van der Waals surface area (Å²) in [5.74, 6) is 1.29. The monoisotopic (exact) mass is 424 g/mol. The van der Waals surface area contributed by atoms with E-state index in [1.54, 1.807) is 0 Å². The lowest BCUT2D eigenvalue weighted by atomic mass is 9.85. The van der Waals surface area contributed by atoms with Gasteiger partial charge in [-0.3, -0.25) is 0 Å². The number of ether oxygens (including phenoxy) is 2. The number of nitrogens with one attached hydrogen (secondary N) is 2. The van der Waals surface area contributed by atoms with Gasteiger partial charge in [-0.15, -0.1) is 0 Å². The van der Waals surface area contributed by atoms with E-state index in [4.69, 9.17) is 9.47 Å². The van der Waals surface area contributed by atoms with E-state index in [9.17, 15) is 9.59 Å². The fourth-order valence-corrected chi connectivity index (χ4v) is 4.28. The van der Waals surface area contributed by atoms with Gasteiger partial charge in [0, 0.05) is 63.2 Å². The number of fused-ring (bicyclic) bond motifs is 2. The highest BCUT2D eigenvalue weighted by atomic mass is 16.6. The van der Waals surface area contributed by atoms with Gasteiger partial charge in [-0.1, -0.05) is 0 Å². The Morgan fingerprint density at radius 1 is 0.733 bits per heavy atom. The van der Waals surface area contributed by atoms with Crippen molar-refractivity contribution in [1.82, 2.24) is 20.4 Å². The Balaban J connectivity index is 0.000000171. The number of carbonyl (C=O) groups is 2. The van der Waals surface area contributed by atoms with Crippen LogP contribution in [0.15, 0.2) is 0 Å². The van der Waals surface area contributed by atoms with Crippen LogP contribution in [0.2, 0.25) is 0 Å². The Kier molecular flexibility index (Phi) is 6.87. The number of hydrogen-bond donors (Lipinski definition) is 2. The first-order chi connectivity index (χ1) is 13.9. The third kappa shape index (κ3) is 6.23. The predicted molar refractivity (Wildman–Crippen MR) is 115 cm³/mol. The number of likely N-dealkylation sites (tertiary alicyclic amines) is 2. The molecular formula is C22H40N4O4. The smallest absolute Gasteiger partial charge is 0.410 e. The summed E-state index contributed by atoms with van der Waals surface area (Å²) >= 11 is 0. The topological polar surface area (TPSA) is 83.1 Å². The van der Waals surface area contributed by atoms with Gasteiger partial charge in [0.1, 0.15) is 11.2 Å². The molecule has 0 unspecified atom stereocenters. The molecule has 30 heavy (non-hydrogen) atoms. The van der Waals surface area contributed by atoms with Gasteiger partial charge in [-0.25, -0.2) is 9.59 Å². The predicted octanol–water partition coefficient (Wildman–Crippen LogP) is 2.43. The minimum Gasteiger partial charge on any atom is -0.444 e. The molecule has 172 valence electrons. The third-order valence-electron chi connectivity index (χ3n) is 6.06. The first-order valence-electron chi connectivity index (χ1n) is 11.3. The summed E-state index contributed by atoms with van der Waals surface area (Å²) in [7, 11) is 0. The second-order valence-corrected chi connectivity index (χ2v) is 11.0. The Morgan fingerprint density at radius 2 is 1.10 bits per heavy atom.